The van der Waals surface area contributed by atoms with Crippen LogP contribution in [0.2, 0.25) is 0 Å². The summed E-state index contributed by atoms with van der Waals surface area (Å²) < 4.78 is 0. The number of fused-ring (bicyclic) bond motifs is 1. The van der Waals surface area contributed by atoms with Gasteiger partial charge in [-0.1, -0.05) is 30.3 Å². The molecule has 2 heterocycles. The first-order valence-electron chi connectivity index (χ1n) is 7.37. The van der Waals surface area contributed by atoms with Gasteiger partial charge in [-0.2, -0.15) is 0 Å². The second-order valence-corrected chi connectivity index (χ2v) is 6.39. The summed E-state index contributed by atoms with van der Waals surface area (Å²) >= 11 is 1.57. The number of azide groups is 1. The molecule has 7 heteroatoms. The van der Waals surface area contributed by atoms with E-state index in [2.05, 4.69) is 55.6 Å². The third-order valence-corrected chi connectivity index (χ3v) is 4.36. The van der Waals surface area contributed by atoms with Crippen LogP contribution in [-0.2, 0) is 6.42 Å². The van der Waals surface area contributed by atoms with E-state index in [4.69, 9.17) is 5.53 Å². The molecule has 0 aliphatic rings. The summed E-state index contributed by atoms with van der Waals surface area (Å²) in [5.74, 6) is 0.891. The molecule has 0 bridgehead atoms. The molecule has 6 nitrogen and oxygen atoms in total. The van der Waals surface area contributed by atoms with Gasteiger partial charge in [-0.25, -0.2) is 9.97 Å². The van der Waals surface area contributed by atoms with Crippen LogP contribution in [0.5, 0.6) is 0 Å². The van der Waals surface area contributed by atoms with Gasteiger partial charge in [0.2, 0.25) is 5.95 Å². The number of hydrogen-bond donors (Lipinski definition) is 1. The molecule has 0 saturated heterocycles. The van der Waals surface area contributed by atoms with Gasteiger partial charge in [0.15, 0.2) is 0 Å². The smallest absolute Gasteiger partial charge is 0.219 e. The molecule has 1 N–H and O–H groups in total. The highest BCUT2D eigenvalue weighted by Crippen LogP contribution is 2.30. The number of nitrogens with one attached hydrogen (secondary N) is 1. The van der Waals surface area contributed by atoms with E-state index in [0.717, 1.165) is 40.3 Å². The number of anilines is 1. The first-order valence-corrected chi connectivity index (χ1v) is 8.19. The van der Waals surface area contributed by atoms with E-state index in [1.807, 2.05) is 13.0 Å². The molecule has 116 valence electrons. The summed E-state index contributed by atoms with van der Waals surface area (Å²) in [5.41, 5.74) is 9.91. The SMILES string of the molecule is Cc1cc2c(NCCCc3ccccc3)nc(N=[N+]=[N-])nc2s1. The third-order valence-electron chi connectivity index (χ3n) is 3.42. The molecule has 0 amide bonds. The Balaban J connectivity index is 1.72. The lowest BCUT2D eigenvalue weighted by Crippen LogP contribution is -2.05. The summed E-state index contributed by atoms with van der Waals surface area (Å²) in [5, 5.41) is 7.85. The highest BCUT2D eigenvalue weighted by atomic mass is 32.1. The molecule has 0 fully saturated rings. The van der Waals surface area contributed by atoms with Gasteiger partial charge in [-0.15, -0.1) is 11.3 Å². The normalized spacial score (nSPS) is 10.5. The van der Waals surface area contributed by atoms with Crippen molar-refractivity contribution in [1.82, 2.24) is 9.97 Å². The van der Waals surface area contributed by atoms with Gasteiger partial charge in [0.05, 0.1) is 5.39 Å². The number of rotatable bonds is 6. The Morgan fingerprint density at radius 2 is 2.09 bits per heavy atom. The third kappa shape index (κ3) is 3.77. The van der Waals surface area contributed by atoms with Crippen LogP contribution >= 0.6 is 11.3 Å². The second kappa shape index (κ2) is 7.09. The lowest BCUT2D eigenvalue weighted by Gasteiger charge is -2.07. The van der Waals surface area contributed by atoms with Crippen LogP contribution in [0.4, 0.5) is 11.8 Å². The van der Waals surface area contributed by atoms with Crippen molar-refractivity contribution in [2.24, 2.45) is 5.11 Å². The molecule has 0 atom stereocenters. The summed E-state index contributed by atoms with van der Waals surface area (Å²) in [6, 6.07) is 12.4. The lowest BCUT2D eigenvalue weighted by molar-refractivity contribution is 0.859. The maximum atomic E-state index is 8.59. The van der Waals surface area contributed by atoms with Gasteiger partial charge in [0.1, 0.15) is 10.6 Å². The molecule has 0 aliphatic heterocycles. The average Bonchev–Trinajstić information content (AvgIpc) is 2.93. The average molecular weight is 324 g/mol. The number of hydrogen-bond acceptors (Lipinski definition) is 5. The van der Waals surface area contributed by atoms with E-state index in [-0.39, 0.29) is 5.95 Å². The number of benzene rings is 1. The molecular weight excluding hydrogens is 308 g/mol. The standard InChI is InChI=1S/C16H16N6S/c1-11-10-13-14(19-16(21-22-17)20-15(13)23-11)18-9-5-8-12-6-3-2-4-7-12/h2-4,6-7,10H,5,8-9H2,1H3,(H,18,19,20). The Kier molecular flexibility index (Phi) is 4.71. The zero-order valence-corrected chi connectivity index (χ0v) is 13.5. The van der Waals surface area contributed by atoms with Crippen LogP contribution in [0.25, 0.3) is 20.7 Å². The van der Waals surface area contributed by atoms with E-state index in [0.29, 0.717) is 0 Å². The van der Waals surface area contributed by atoms with Crippen molar-refractivity contribution in [3.63, 3.8) is 0 Å². The number of aromatic nitrogens is 2. The summed E-state index contributed by atoms with van der Waals surface area (Å²) in [6.45, 7) is 2.82. The maximum Gasteiger partial charge on any atom is 0.219 e. The van der Waals surface area contributed by atoms with Gasteiger partial charge >= 0.3 is 0 Å². The van der Waals surface area contributed by atoms with Gasteiger partial charge in [-0.05, 0) is 42.0 Å². The first-order chi connectivity index (χ1) is 11.3. The van der Waals surface area contributed by atoms with Crippen molar-refractivity contribution in [2.75, 3.05) is 11.9 Å². The van der Waals surface area contributed by atoms with Crippen LogP contribution in [0.1, 0.15) is 16.9 Å². The summed E-state index contributed by atoms with van der Waals surface area (Å²) in [4.78, 5) is 13.3. The Hall–Kier alpha value is -2.63. The minimum Gasteiger partial charge on any atom is -0.369 e. The van der Waals surface area contributed by atoms with Crippen molar-refractivity contribution in [2.45, 2.75) is 19.8 Å². The van der Waals surface area contributed by atoms with Crippen LogP contribution in [0.15, 0.2) is 41.5 Å². The van der Waals surface area contributed by atoms with E-state index in [9.17, 15) is 0 Å². The van der Waals surface area contributed by atoms with Crippen molar-refractivity contribution in [3.8, 4) is 0 Å². The predicted molar refractivity (Wildman–Crippen MR) is 94.2 cm³/mol. The van der Waals surface area contributed by atoms with Crippen molar-refractivity contribution in [3.05, 3.63) is 57.3 Å². The first kappa shape index (κ1) is 15.3. The molecule has 0 saturated carbocycles. The largest absolute Gasteiger partial charge is 0.369 e. The summed E-state index contributed by atoms with van der Waals surface area (Å²) in [7, 11) is 0. The fourth-order valence-corrected chi connectivity index (χ4v) is 3.27. The molecule has 0 unspecified atom stereocenters. The minimum atomic E-state index is 0.160. The zero-order valence-electron chi connectivity index (χ0n) is 12.7. The number of aryl methyl sites for hydroxylation is 2. The molecular formula is C16H16N6S. The molecule has 3 rings (SSSR count). The Morgan fingerprint density at radius 3 is 2.87 bits per heavy atom. The fraction of sp³-hybridized carbons (Fsp3) is 0.250. The van der Waals surface area contributed by atoms with Crippen molar-refractivity contribution in [1.29, 1.82) is 0 Å². The quantitative estimate of drug-likeness (QED) is 0.300. The van der Waals surface area contributed by atoms with Gasteiger partial charge in [-0.3, -0.25) is 0 Å². The van der Waals surface area contributed by atoms with Crippen LogP contribution in [0, 0.1) is 6.92 Å². The Morgan fingerprint density at radius 1 is 1.26 bits per heavy atom. The Bertz CT molecular complexity index is 852. The molecule has 0 radical (unpaired) electrons. The van der Waals surface area contributed by atoms with Gasteiger partial charge < -0.3 is 5.32 Å². The molecule has 1 aromatic carbocycles. The van der Waals surface area contributed by atoms with E-state index in [1.165, 1.54) is 5.56 Å². The molecule has 3 aromatic rings. The lowest BCUT2D eigenvalue weighted by atomic mass is 10.1. The van der Waals surface area contributed by atoms with E-state index < -0.39 is 0 Å². The van der Waals surface area contributed by atoms with Crippen molar-refractivity contribution >= 4 is 33.3 Å². The molecule has 2 aromatic heterocycles. The van der Waals surface area contributed by atoms with E-state index in [1.54, 1.807) is 11.3 Å². The maximum absolute atomic E-state index is 8.59. The van der Waals surface area contributed by atoms with Crippen LogP contribution < -0.4 is 5.32 Å². The second-order valence-electron chi connectivity index (χ2n) is 5.15. The van der Waals surface area contributed by atoms with Gasteiger partial charge in [0, 0.05) is 16.3 Å². The molecule has 23 heavy (non-hydrogen) atoms. The number of thiophene rings is 1. The number of nitrogens with zero attached hydrogens (tertiary/aromatic N) is 5. The zero-order chi connectivity index (χ0) is 16.1. The van der Waals surface area contributed by atoms with Crippen molar-refractivity contribution < 1.29 is 0 Å². The highest BCUT2D eigenvalue weighted by Gasteiger charge is 2.09. The monoisotopic (exact) mass is 324 g/mol. The fourth-order valence-electron chi connectivity index (χ4n) is 2.39. The van der Waals surface area contributed by atoms with Gasteiger partial charge in [0.25, 0.3) is 0 Å². The topological polar surface area (TPSA) is 86.6 Å². The van der Waals surface area contributed by atoms with Crippen LogP contribution in [-0.4, -0.2) is 16.5 Å². The van der Waals surface area contributed by atoms with E-state index >= 15 is 0 Å². The molecule has 0 aliphatic carbocycles. The minimum absolute atomic E-state index is 0.160. The highest BCUT2D eigenvalue weighted by molar-refractivity contribution is 7.18. The predicted octanol–water partition coefficient (Wildman–Crippen LogP) is 4.99. The molecule has 0 spiro atoms. The van der Waals surface area contributed by atoms with Crippen LogP contribution in [0.3, 0.4) is 0 Å². The summed E-state index contributed by atoms with van der Waals surface area (Å²) in [6.07, 6.45) is 2.00. The Labute approximate surface area is 137 Å².